The molecule has 29 heavy (non-hydrogen) atoms. The lowest BCUT2D eigenvalue weighted by Gasteiger charge is -2.31. The molecule has 1 aliphatic heterocycles. The van der Waals surface area contributed by atoms with Gasteiger partial charge in [-0.15, -0.1) is 0 Å². The van der Waals surface area contributed by atoms with Gasteiger partial charge in [0.15, 0.2) is 0 Å². The molecule has 0 unspecified atom stereocenters. The van der Waals surface area contributed by atoms with E-state index >= 15 is 0 Å². The fraction of sp³-hybridized carbons (Fsp3) is 0.238. The number of carbonyl (C=O) groups is 1. The van der Waals surface area contributed by atoms with Crippen LogP contribution in [0.3, 0.4) is 0 Å². The summed E-state index contributed by atoms with van der Waals surface area (Å²) in [6.45, 7) is 0.822. The Kier molecular flexibility index (Phi) is 4.31. The molecule has 1 amide bonds. The van der Waals surface area contributed by atoms with Gasteiger partial charge >= 0.3 is 0 Å². The Balaban J connectivity index is 1.35. The molecular weight excluding hydrogens is 373 g/mol. The van der Waals surface area contributed by atoms with Gasteiger partial charge in [-0.3, -0.25) is 4.79 Å². The number of pyridine rings is 1. The Hall–Kier alpha value is -3.55. The molecule has 146 valence electrons. The molecule has 4 aromatic rings. The molecule has 7 nitrogen and oxygen atoms in total. The van der Waals surface area contributed by atoms with Crippen LogP contribution < -0.4 is 0 Å². The molecule has 3 aromatic heterocycles. The van der Waals surface area contributed by atoms with Gasteiger partial charge in [0.25, 0.3) is 0 Å². The van der Waals surface area contributed by atoms with Gasteiger partial charge in [-0.05, 0) is 36.2 Å². The lowest BCUT2D eigenvalue weighted by Crippen LogP contribution is -2.38. The SMILES string of the molecule is O=C1CC[C@@H](c2nc(-c3cn4ccccc4n3)no2)CN1Cc1cccc(F)c1. The molecule has 0 saturated carbocycles. The van der Waals surface area contributed by atoms with Crippen LogP contribution in [-0.2, 0) is 11.3 Å². The van der Waals surface area contributed by atoms with Gasteiger partial charge in [-0.2, -0.15) is 4.98 Å². The Labute approximate surface area is 165 Å². The molecule has 0 bridgehead atoms. The van der Waals surface area contributed by atoms with Crippen molar-refractivity contribution in [3.05, 3.63) is 72.1 Å². The van der Waals surface area contributed by atoms with Gasteiger partial charge in [0.2, 0.25) is 17.6 Å². The summed E-state index contributed by atoms with van der Waals surface area (Å²) in [6.07, 6.45) is 4.80. The molecule has 1 aromatic carbocycles. The normalized spacial score (nSPS) is 17.2. The van der Waals surface area contributed by atoms with Crippen molar-refractivity contribution in [1.82, 2.24) is 24.4 Å². The van der Waals surface area contributed by atoms with Crippen molar-refractivity contribution in [3.8, 4) is 11.5 Å². The molecule has 1 fully saturated rings. The first-order valence-electron chi connectivity index (χ1n) is 9.45. The lowest BCUT2D eigenvalue weighted by molar-refractivity contribution is -0.134. The monoisotopic (exact) mass is 391 g/mol. The lowest BCUT2D eigenvalue weighted by atomic mass is 9.97. The molecule has 1 atom stereocenters. The maximum atomic E-state index is 13.5. The highest BCUT2D eigenvalue weighted by molar-refractivity contribution is 5.77. The summed E-state index contributed by atoms with van der Waals surface area (Å²) < 4.78 is 20.9. The number of aromatic nitrogens is 4. The highest BCUT2D eigenvalue weighted by atomic mass is 19.1. The standard InChI is InChI=1S/C21H18FN5O2/c22-16-5-3-4-14(10-16)11-27-12-15(7-8-19(27)28)21-24-20(25-29-21)17-13-26-9-2-1-6-18(26)23-17/h1-6,9-10,13,15H,7-8,11-12H2/t15-/m1/s1. The number of likely N-dealkylation sites (tertiary alicyclic amines) is 1. The Bertz CT molecular complexity index is 1150. The second kappa shape index (κ2) is 7.12. The van der Waals surface area contributed by atoms with E-state index in [1.54, 1.807) is 11.0 Å². The summed E-state index contributed by atoms with van der Waals surface area (Å²) in [5.74, 6) is 0.605. The molecule has 0 aliphatic carbocycles. The average Bonchev–Trinajstić information content (AvgIpc) is 3.36. The zero-order valence-electron chi connectivity index (χ0n) is 15.5. The van der Waals surface area contributed by atoms with Crippen LogP contribution in [0, 0.1) is 5.82 Å². The predicted molar refractivity (Wildman–Crippen MR) is 102 cm³/mol. The van der Waals surface area contributed by atoms with Crippen LogP contribution in [0.4, 0.5) is 4.39 Å². The highest BCUT2D eigenvalue weighted by Crippen LogP contribution is 2.29. The largest absolute Gasteiger partial charge is 0.339 e. The van der Waals surface area contributed by atoms with Crippen LogP contribution in [0.1, 0.15) is 30.2 Å². The van der Waals surface area contributed by atoms with Crippen LogP contribution in [0.2, 0.25) is 0 Å². The zero-order chi connectivity index (χ0) is 19.8. The first-order valence-corrected chi connectivity index (χ1v) is 9.45. The van der Waals surface area contributed by atoms with Crippen molar-refractivity contribution < 1.29 is 13.7 Å². The highest BCUT2D eigenvalue weighted by Gasteiger charge is 2.30. The van der Waals surface area contributed by atoms with Crippen molar-refractivity contribution >= 4 is 11.6 Å². The van der Waals surface area contributed by atoms with E-state index < -0.39 is 0 Å². The van der Waals surface area contributed by atoms with E-state index in [1.165, 1.54) is 12.1 Å². The average molecular weight is 391 g/mol. The third-order valence-corrected chi connectivity index (χ3v) is 5.15. The quantitative estimate of drug-likeness (QED) is 0.533. The van der Waals surface area contributed by atoms with E-state index in [1.807, 2.05) is 41.1 Å². The number of fused-ring (bicyclic) bond motifs is 1. The summed E-state index contributed by atoms with van der Waals surface area (Å²) >= 11 is 0. The molecule has 1 aliphatic rings. The van der Waals surface area contributed by atoms with Gasteiger partial charge < -0.3 is 13.8 Å². The second-order valence-electron chi connectivity index (χ2n) is 7.19. The molecule has 8 heteroatoms. The van der Waals surface area contributed by atoms with Crippen molar-refractivity contribution in [2.45, 2.75) is 25.3 Å². The van der Waals surface area contributed by atoms with Crippen LogP contribution >= 0.6 is 0 Å². The van der Waals surface area contributed by atoms with E-state index in [0.29, 0.717) is 43.3 Å². The summed E-state index contributed by atoms with van der Waals surface area (Å²) in [5, 5.41) is 4.08. The minimum atomic E-state index is -0.308. The number of benzene rings is 1. The van der Waals surface area contributed by atoms with Crippen molar-refractivity contribution in [2.75, 3.05) is 6.54 Å². The molecule has 4 heterocycles. The van der Waals surface area contributed by atoms with Crippen molar-refractivity contribution in [3.63, 3.8) is 0 Å². The molecule has 1 saturated heterocycles. The summed E-state index contributed by atoms with van der Waals surface area (Å²) in [7, 11) is 0. The molecule has 5 rings (SSSR count). The number of halogens is 1. The maximum Gasteiger partial charge on any atom is 0.231 e. The van der Waals surface area contributed by atoms with E-state index in [4.69, 9.17) is 4.52 Å². The maximum absolute atomic E-state index is 13.5. The van der Waals surface area contributed by atoms with Gasteiger partial charge in [0.05, 0.1) is 5.92 Å². The number of rotatable bonds is 4. The fourth-order valence-corrected chi connectivity index (χ4v) is 3.67. The zero-order valence-corrected chi connectivity index (χ0v) is 15.5. The number of nitrogens with zero attached hydrogens (tertiary/aromatic N) is 5. The van der Waals surface area contributed by atoms with E-state index in [9.17, 15) is 9.18 Å². The minimum Gasteiger partial charge on any atom is -0.339 e. The topological polar surface area (TPSA) is 76.5 Å². The van der Waals surface area contributed by atoms with Gasteiger partial charge in [-0.1, -0.05) is 23.4 Å². The number of hydrogen-bond donors (Lipinski definition) is 0. The molecule has 0 spiro atoms. The molecule has 0 N–H and O–H groups in total. The summed E-state index contributed by atoms with van der Waals surface area (Å²) in [4.78, 5) is 23.1. The van der Waals surface area contributed by atoms with Crippen molar-refractivity contribution in [2.24, 2.45) is 0 Å². The smallest absolute Gasteiger partial charge is 0.231 e. The molecular formula is C21H18FN5O2. The predicted octanol–water partition coefficient (Wildman–Crippen LogP) is 3.43. The van der Waals surface area contributed by atoms with Crippen molar-refractivity contribution in [1.29, 1.82) is 0 Å². The third-order valence-electron chi connectivity index (χ3n) is 5.15. The van der Waals surface area contributed by atoms with Crippen LogP contribution in [0.5, 0.6) is 0 Å². The van der Waals surface area contributed by atoms with E-state index in [2.05, 4.69) is 15.1 Å². The number of imidazole rings is 1. The van der Waals surface area contributed by atoms with Crippen LogP contribution in [0.15, 0.2) is 59.4 Å². The van der Waals surface area contributed by atoms with E-state index in [-0.39, 0.29) is 17.6 Å². The van der Waals surface area contributed by atoms with Gasteiger partial charge in [-0.25, -0.2) is 9.37 Å². The summed E-state index contributed by atoms with van der Waals surface area (Å²) in [6, 6.07) is 12.0. The molecule has 0 radical (unpaired) electrons. The Morgan fingerprint density at radius 1 is 1.17 bits per heavy atom. The number of hydrogen-bond acceptors (Lipinski definition) is 5. The van der Waals surface area contributed by atoms with Crippen LogP contribution in [0.25, 0.3) is 17.2 Å². The third kappa shape index (κ3) is 3.49. The van der Waals surface area contributed by atoms with Gasteiger partial charge in [0, 0.05) is 31.9 Å². The Morgan fingerprint density at radius 2 is 2.10 bits per heavy atom. The van der Waals surface area contributed by atoms with Crippen LogP contribution in [-0.4, -0.2) is 36.9 Å². The fourth-order valence-electron chi connectivity index (χ4n) is 3.67. The van der Waals surface area contributed by atoms with E-state index in [0.717, 1.165) is 11.2 Å². The number of piperidine rings is 1. The first kappa shape index (κ1) is 17.5. The summed E-state index contributed by atoms with van der Waals surface area (Å²) in [5.41, 5.74) is 2.20. The Morgan fingerprint density at radius 3 is 2.97 bits per heavy atom. The first-order chi connectivity index (χ1) is 14.2. The minimum absolute atomic E-state index is 0.0469. The van der Waals surface area contributed by atoms with Gasteiger partial charge in [0.1, 0.15) is 17.2 Å². The number of amides is 1. The second-order valence-corrected chi connectivity index (χ2v) is 7.19. The number of carbonyl (C=O) groups excluding carboxylic acids is 1.